The number of anilines is 1. The number of nitrogens with one attached hydrogen (secondary N) is 3. The zero-order valence-electron chi connectivity index (χ0n) is 15.5. The highest BCUT2D eigenvalue weighted by atomic mass is 19.1. The number of rotatable bonds is 5. The number of aromatic nitrogens is 1. The smallest absolute Gasteiger partial charge is 0.254 e. The van der Waals surface area contributed by atoms with Gasteiger partial charge >= 0.3 is 0 Å². The van der Waals surface area contributed by atoms with E-state index in [1.54, 1.807) is 12.1 Å². The van der Waals surface area contributed by atoms with Gasteiger partial charge in [-0.05, 0) is 49.2 Å². The molecule has 2 amide bonds. The van der Waals surface area contributed by atoms with Gasteiger partial charge in [0.1, 0.15) is 11.9 Å². The Morgan fingerprint density at radius 2 is 1.81 bits per heavy atom. The number of hydrogen-bond acceptors (Lipinski definition) is 2. The fourth-order valence-corrected chi connectivity index (χ4v) is 2.97. The van der Waals surface area contributed by atoms with E-state index in [2.05, 4.69) is 15.6 Å². The SMILES string of the molecule is Cc1cc2cc(NC(=O)C(NC(=O)c3ccccc3F)C(C)C)ccc2[nH]1. The lowest BCUT2D eigenvalue weighted by atomic mass is 10.0. The first-order chi connectivity index (χ1) is 12.8. The molecule has 0 bridgehead atoms. The minimum Gasteiger partial charge on any atom is -0.359 e. The standard InChI is InChI=1S/C21H22FN3O2/c1-12(2)19(25-20(26)16-6-4-5-7-17(16)22)21(27)24-15-8-9-18-14(11-15)10-13(3)23-18/h4-12,19,23H,1-3H3,(H,24,27)(H,25,26). The molecule has 1 unspecified atom stereocenters. The van der Waals surface area contributed by atoms with Crippen LogP contribution >= 0.6 is 0 Å². The Kier molecular flexibility index (Phi) is 5.26. The maximum absolute atomic E-state index is 13.8. The molecule has 3 rings (SSSR count). The Hall–Kier alpha value is -3.15. The van der Waals surface area contributed by atoms with Crippen molar-refractivity contribution < 1.29 is 14.0 Å². The van der Waals surface area contributed by atoms with Crippen LogP contribution in [0.5, 0.6) is 0 Å². The second-order valence-electron chi connectivity index (χ2n) is 6.92. The van der Waals surface area contributed by atoms with E-state index in [1.807, 2.05) is 39.0 Å². The summed E-state index contributed by atoms with van der Waals surface area (Å²) >= 11 is 0. The van der Waals surface area contributed by atoms with Crippen LogP contribution in [0.2, 0.25) is 0 Å². The summed E-state index contributed by atoms with van der Waals surface area (Å²) in [5.74, 6) is -1.75. The summed E-state index contributed by atoms with van der Waals surface area (Å²) in [6, 6.07) is 12.5. The molecular formula is C21H22FN3O2. The molecular weight excluding hydrogens is 345 g/mol. The molecule has 0 spiro atoms. The van der Waals surface area contributed by atoms with Crippen LogP contribution in [-0.4, -0.2) is 22.8 Å². The lowest BCUT2D eigenvalue weighted by Gasteiger charge is -2.22. The Bertz CT molecular complexity index is 994. The Morgan fingerprint density at radius 3 is 2.52 bits per heavy atom. The van der Waals surface area contributed by atoms with Crippen LogP contribution in [0, 0.1) is 18.7 Å². The maximum Gasteiger partial charge on any atom is 0.254 e. The lowest BCUT2D eigenvalue weighted by Crippen LogP contribution is -2.47. The molecule has 2 aromatic carbocycles. The van der Waals surface area contributed by atoms with Gasteiger partial charge in [0.05, 0.1) is 5.56 Å². The molecule has 140 valence electrons. The number of H-pyrrole nitrogens is 1. The van der Waals surface area contributed by atoms with E-state index in [9.17, 15) is 14.0 Å². The van der Waals surface area contributed by atoms with Crippen molar-refractivity contribution >= 4 is 28.4 Å². The molecule has 0 radical (unpaired) electrons. The molecule has 1 atom stereocenters. The van der Waals surface area contributed by atoms with Gasteiger partial charge < -0.3 is 15.6 Å². The minimum atomic E-state index is -0.791. The highest BCUT2D eigenvalue weighted by Gasteiger charge is 2.25. The normalized spacial score (nSPS) is 12.2. The monoisotopic (exact) mass is 367 g/mol. The second-order valence-corrected chi connectivity index (χ2v) is 6.92. The van der Waals surface area contributed by atoms with E-state index >= 15 is 0 Å². The average molecular weight is 367 g/mol. The molecule has 0 aliphatic carbocycles. The lowest BCUT2D eigenvalue weighted by molar-refractivity contribution is -0.118. The number of carbonyl (C=O) groups excluding carboxylic acids is 2. The third-order valence-electron chi connectivity index (χ3n) is 4.38. The Morgan fingerprint density at radius 1 is 1.07 bits per heavy atom. The van der Waals surface area contributed by atoms with Gasteiger partial charge in [-0.3, -0.25) is 9.59 Å². The summed E-state index contributed by atoms with van der Waals surface area (Å²) in [4.78, 5) is 28.3. The largest absolute Gasteiger partial charge is 0.359 e. The van der Waals surface area contributed by atoms with Crippen LogP contribution in [-0.2, 0) is 4.79 Å². The summed E-state index contributed by atoms with van der Waals surface area (Å²) in [5, 5.41) is 6.46. The zero-order valence-corrected chi connectivity index (χ0v) is 15.5. The van der Waals surface area contributed by atoms with Gasteiger partial charge in [-0.1, -0.05) is 26.0 Å². The van der Waals surface area contributed by atoms with Crippen LogP contribution in [0.25, 0.3) is 10.9 Å². The molecule has 5 nitrogen and oxygen atoms in total. The van der Waals surface area contributed by atoms with Crippen molar-refractivity contribution in [3.05, 3.63) is 65.6 Å². The molecule has 1 heterocycles. The summed E-state index contributed by atoms with van der Waals surface area (Å²) in [7, 11) is 0. The molecule has 0 saturated heterocycles. The first-order valence-corrected chi connectivity index (χ1v) is 8.81. The number of fused-ring (bicyclic) bond motifs is 1. The van der Waals surface area contributed by atoms with Crippen molar-refractivity contribution in [2.24, 2.45) is 5.92 Å². The summed E-state index contributed by atoms with van der Waals surface area (Å²) in [5.41, 5.74) is 2.57. The second kappa shape index (κ2) is 7.61. The molecule has 1 aromatic heterocycles. The molecule has 3 N–H and O–H groups in total. The fourth-order valence-electron chi connectivity index (χ4n) is 2.97. The number of benzene rings is 2. The van der Waals surface area contributed by atoms with E-state index in [4.69, 9.17) is 0 Å². The summed E-state index contributed by atoms with van der Waals surface area (Å²) in [6.45, 7) is 5.61. The predicted molar refractivity (Wildman–Crippen MR) is 104 cm³/mol. The molecule has 0 aliphatic heterocycles. The van der Waals surface area contributed by atoms with Gasteiger partial charge in [0.25, 0.3) is 5.91 Å². The number of aryl methyl sites for hydroxylation is 1. The quantitative estimate of drug-likeness (QED) is 0.637. The van der Waals surface area contributed by atoms with Gasteiger partial charge in [-0.25, -0.2) is 4.39 Å². The van der Waals surface area contributed by atoms with Gasteiger partial charge in [0.15, 0.2) is 0 Å². The summed E-state index contributed by atoms with van der Waals surface area (Å²) < 4.78 is 13.8. The predicted octanol–water partition coefficient (Wildman–Crippen LogP) is 4.01. The first-order valence-electron chi connectivity index (χ1n) is 8.81. The van der Waals surface area contributed by atoms with Crippen LogP contribution in [0.1, 0.15) is 29.9 Å². The third-order valence-corrected chi connectivity index (χ3v) is 4.38. The highest BCUT2D eigenvalue weighted by molar-refractivity contribution is 6.02. The minimum absolute atomic E-state index is 0.0832. The van der Waals surface area contributed by atoms with Crippen LogP contribution in [0.3, 0.4) is 0 Å². The number of aromatic amines is 1. The number of halogens is 1. The average Bonchev–Trinajstić information content (AvgIpc) is 2.98. The fraction of sp³-hybridized carbons (Fsp3) is 0.238. The number of carbonyl (C=O) groups is 2. The van der Waals surface area contributed by atoms with Crippen molar-refractivity contribution in [2.45, 2.75) is 26.8 Å². The molecule has 0 fully saturated rings. The van der Waals surface area contributed by atoms with Crippen molar-refractivity contribution in [3.63, 3.8) is 0 Å². The maximum atomic E-state index is 13.8. The summed E-state index contributed by atoms with van der Waals surface area (Å²) in [6.07, 6.45) is 0. The van der Waals surface area contributed by atoms with Crippen LogP contribution < -0.4 is 10.6 Å². The molecule has 0 aliphatic rings. The molecule has 6 heteroatoms. The van der Waals surface area contributed by atoms with Crippen molar-refractivity contribution in [3.8, 4) is 0 Å². The van der Waals surface area contributed by atoms with E-state index in [-0.39, 0.29) is 17.4 Å². The van der Waals surface area contributed by atoms with Crippen molar-refractivity contribution in [1.29, 1.82) is 0 Å². The van der Waals surface area contributed by atoms with Crippen LogP contribution in [0.4, 0.5) is 10.1 Å². The Labute approximate surface area is 157 Å². The van der Waals surface area contributed by atoms with E-state index in [0.717, 1.165) is 16.6 Å². The number of hydrogen-bond donors (Lipinski definition) is 3. The van der Waals surface area contributed by atoms with Gasteiger partial charge in [0, 0.05) is 22.3 Å². The zero-order chi connectivity index (χ0) is 19.6. The topological polar surface area (TPSA) is 74.0 Å². The van der Waals surface area contributed by atoms with E-state index in [0.29, 0.717) is 5.69 Å². The Balaban J connectivity index is 1.76. The van der Waals surface area contributed by atoms with Crippen molar-refractivity contribution in [2.75, 3.05) is 5.32 Å². The number of amides is 2. The van der Waals surface area contributed by atoms with Gasteiger partial charge in [-0.2, -0.15) is 0 Å². The van der Waals surface area contributed by atoms with Gasteiger partial charge in [0.2, 0.25) is 5.91 Å². The van der Waals surface area contributed by atoms with Gasteiger partial charge in [-0.15, -0.1) is 0 Å². The van der Waals surface area contributed by atoms with E-state index in [1.165, 1.54) is 18.2 Å². The molecule has 0 saturated carbocycles. The third kappa shape index (κ3) is 4.16. The molecule has 3 aromatic rings. The highest BCUT2D eigenvalue weighted by Crippen LogP contribution is 2.20. The van der Waals surface area contributed by atoms with Crippen LogP contribution in [0.15, 0.2) is 48.5 Å². The first kappa shape index (κ1) is 18.6. The molecule has 27 heavy (non-hydrogen) atoms. The van der Waals surface area contributed by atoms with Crippen molar-refractivity contribution in [1.82, 2.24) is 10.3 Å². The van der Waals surface area contributed by atoms with E-state index < -0.39 is 17.8 Å².